The number of halogens is 2. The molecule has 0 aromatic heterocycles. The Morgan fingerprint density at radius 2 is 0.960 bits per heavy atom. The van der Waals surface area contributed by atoms with Gasteiger partial charge in [-0.1, -0.05) is 0 Å². The average molecular weight is 457 g/mol. The van der Waals surface area contributed by atoms with E-state index in [9.17, 15) is 0 Å². The van der Waals surface area contributed by atoms with Gasteiger partial charge < -0.3 is 24.8 Å². The second-order valence-corrected chi connectivity index (χ2v) is 11.6. The van der Waals surface area contributed by atoms with Crippen LogP contribution in [0.3, 0.4) is 0 Å². The van der Waals surface area contributed by atoms with Gasteiger partial charge in [0.2, 0.25) is 0 Å². The Morgan fingerprint density at radius 1 is 0.560 bits per heavy atom. The monoisotopic (exact) mass is 454 g/mol. The van der Waals surface area contributed by atoms with Crippen LogP contribution in [0.1, 0.15) is 77.0 Å². The van der Waals surface area contributed by atoms with Gasteiger partial charge in [0, 0.05) is 0 Å². The molecule has 0 N–H and O–H groups in total. The van der Waals surface area contributed by atoms with Crippen molar-refractivity contribution in [3.05, 3.63) is 46.6 Å². The Morgan fingerprint density at radius 3 is 1.40 bits per heavy atom. The zero-order chi connectivity index (χ0) is 15.5. The topological polar surface area (TPSA) is 0 Å². The second kappa shape index (κ2) is 10.7. The predicted molar refractivity (Wildman–Crippen MR) is 95.2 cm³/mol. The molecule has 0 aromatic rings. The van der Waals surface area contributed by atoms with Crippen LogP contribution in [-0.2, 0) is 23.2 Å². The fourth-order valence-electron chi connectivity index (χ4n) is 4.87. The van der Waals surface area contributed by atoms with E-state index in [1.807, 2.05) is 11.1 Å². The zero-order valence-corrected chi connectivity index (χ0v) is 19.2. The summed E-state index contributed by atoms with van der Waals surface area (Å²) in [4.78, 5) is 0. The Balaban J connectivity index is 0.00000113. The van der Waals surface area contributed by atoms with Crippen LogP contribution in [0.25, 0.3) is 0 Å². The summed E-state index contributed by atoms with van der Waals surface area (Å²) >= 11 is -0.437. The Hall–Kier alpha value is 0.423. The molecule has 0 aliphatic heterocycles. The van der Waals surface area contributed by atoms with Crippen LogP contribution in [0.5, 0.6) is 0 Å². The summed E-state index contributed by atoms with van der Waals surface area (Å²) < 4.78 is 1.83. The van der Waals surface area contributed by atoms with E-state index in [1.165, 1.54) is 77.0 Å². The third-order valence-electron chi connectivity index (χ3n) is 6.20. The van der Waals surface area contributed by atoms with Gasteiger partial charge in [-0.25, -0.2) is 0 Å². The average Bonchev–Trinajstić information content (AvgIpc) is 3.03. The summed E-state index contributed by atoms with van der Waals surface area (Å²) in [5, 5.41) is 0. The molecule has 0 saturated heterocycles. The molecule has 25 heavy (non-hydrogen) atoms. The third kappa shape index (κ3) is 5.24. The van der Waals surface area contributed by atoms with Crippen molar-refractivity contribution in [2.75, 3.05) is 0 Å². The molecule has 136 valence electrons. The van der Waals surface area contributed by atoms with E-state index in [-0.39, 0.29) is 24.8 Å². The van der Waals surface area contributed by atoms with E-state index in [2.05, 4.69) is 24.3 Å². The predicted octanol–water partition coefficient (Wildman–Crippen LogP) is 1.10. The maximum atomic E-state index is 2.62. The molecule has 0 saturated carbocycles. The molecule has 0 amide bonds. The van der Waals surface area contributed by atoms with Crippen LogP contribution in [0.4, 0.5) is 0 Å². The third-order valence-corrected chi connectivity index (χ3v) is 10.6. The van der Waals surface area contributed by atoms with Crippen LogP contribution in [-0.4, -0.2) is 0 Å². The molecule has 2 unspecified atom stereocenters. The van der Waals surface area contributed by atoms with Crippen LogP contribution in [0.2, 0.25) is 7.25 Å². The van der Waals surface area contributed by atoms with Crippen molar-refractivity contribution in [3.8, 4) is 0 Å². The van der Waals surface area contributed by atoms with Gasteiger partial charge in [0.05, 0.1) is 0 Å². The first-order chi connectivity index (χ1) is 11.4. The smallest absolute Gasteiger partial charge is 1.00 e. The van der Waals surface area contributed by atoms with Gasteiger partial charge in [-0.15, -0.1) is 0 Å². The van der Waals surface area contributed by atoms with Crippen LogP contribution in [0.15, 0.2) is 46.6 Å². The second-order valence-electron chi connectivity index (χ2n) is 7.77. The number of hydrogen-bond donors (Lipinski definition) is 0. The van der Waals surface area contributed by atoms with Crippen LogP contribution < -0.4 is 24.8 Å². The fraction of sp³-hybridized carbons (Fsp3) is 0.636. The number of rotatable bonds is 2. The van der Waals surface area contributed by atoms with Crippen molar-refractivity contribution in [3.63, 3.8) is 0 Å². The summed E-state index contributed by atoms with van der Waals surface area (Å²) in [7, 11) is 0. The van der Waals surface area contributed by atoms with E-state index in [0.29, 0.717) is 0 Å². The molecule has 2 atom stereocenters. The van der Waals surface area contributed by atoms with Gasteiger partial charge in [0.25, 0.3) is 0 Å². The van der Waals surface area contributed by atoms with E-state index < -0.39 is 23.2 Å². The summed E-state index contributed by atoms with van der Waals surface area (Å²) in [6, 6.07) is 0. The molecule has 3 heteroatoms. The molecular weight excluding hydrogens is 426 g/mol. The molecular formula is C22H30Cl2Zr. The molecule has 0 radical (unpaired) electrons. The van der Waals surface area contributed by atoms with Gasteiger partial charge in [0.1, 0.15) is 0 Å². The van der Waals surface area contributed by atoms with Crippen molar-refractivity contribution in [1.29, 1.82) is 0 Å². The van der Waals surface area contributed by atoms with Gasteiger partial charge in [0.15, 0.2) is 0 Å². The van der Waals surface area contributed by atoms with Gasteiger partial charge in [-0.2, -0.15) is 0 Å². The maximum Gasteiger partial charge on any atom is -1.00 e. The van der Waals surface area contributed by atoms with Gasteiger partial charge >= 0.3 is 154 Å². The van der Waals surface area contributed by atoms with Crippen molar-refractivity contribution in [2.24, 2.45) is 0 Å². The summed E-state index contributed by atoms with van der Waals surface area (Å²) in [6.07, 6.45) is 27.5. The minimum atomic E-state index is -0.437. The van der Waals surface area contributed by atoms with E-state index in [4.69, 9.17) is 0 Å². The molecule has 4 aliphatic rings. The van der Waals surface area contributed by atoms with Crippen molar-refractivity contribution >= 4 is 0 Å². The Labute approximate surface area is 178 Å². The zero-order valence-electron chi connectivity index (χ0n) is 15.2. The Bertz CT molecular complexity index is 521. The van der Waals surface area contributed by atoms with Gasteiger partial charge in [-0.05, 0) is 0 Å². The van der Waals surface area contributed by atoms with Crippen molar-refractivity contribution in [1.82, 2.24) is 0 Å². The fourth-order valence-corrected chi connectivity index (χ4v) is 9.45. The summed E-state index contributed by atoms with van der Waals surface area (Å²) in [5.74, 6) is 0. The maximum absolute atomic E-state index is 2.62. The summed E-state index contributed by atoms with van der Waals surface area (Å²) in [6.45, 7) is 0. The molecule has 4 aliphatic carbocycles. The van der Waals surface area contributed by atoms with Gasteiger partial charge in [-0.3, -0.25) is 0 Å². The van der Waals surface area contributed by atoms with Crippen molar-refractivity contribution in [2.45, 2.75) is 84.3 Å². The SMILES string of the molecule is C1=C[CH]([Zr+2][CH]2C=CC3=C2CCCCCC3)C2=C1CCCCCC2.[Cl-].[Cl-]. The van der Waals surface area contributed by atoms with Crippen molar-refractivity contribution < 1.29 is 48.0 Å². The van der Waals surface area contributed by atoms with E-state index in [0.717, 1.165) is 7.25 Å². The molecule has 0 bridgehead atoms. The molecule has 0 nitrogen and oxygen atoms in total. The van der Waals surface area contributed by atoms with E-state index in [1.54, 1.807) is 11.1 Å². The molecule has 4 rings (SSSR count). The Kier molecular flexibility index (Phi) is 9.28. The van der Waals surface area contributed by atoms with E-state index >= 15 is 0 Å². The summed E-state index contributed by atoms with van der Waals surface area (Å²) in [5.41, 5.74) is 7.29. The normalized spacial score (nSPS) is 28.6. The minimum Gasteiger partial charge on any atom is -1.00 e. The standard InChI is InChI=1S/2C11H15.2ClH.Zr/c2*1-2-4-7-11-9-5-8-10(11)6-3-1;;;/h2*5,8-9H,1-4,6-7H2;2*1H;/q;;;;+2/p-2. The number of hydrogen-bond acceptors (Lipinski definition) is 0. The van der Waals surface area contributed by atoms with Crippen LogP contribution in [0, 0.1) is 0 Å². The quantitative estimate of drug-likeness (QED) is 0.584. The first kappa shape index (κ1) is 21.7. The minimum absolute atomic E-state index is 0. The first-order valence-corrected chi connectivity index (χ1v) is 12.8. The molecule has 0 aromatic carbocycles. The number of allylic oxidation sites excluding steroid dienone is 8. The molecule has 0 fully saturated rings. The van der Waals surface area contributed by atoms with Crippen LogP contribution >= 0.6 is 0 Å². The largest absolute Gasteiger partial charge is 1.00 e. The first-order valence-electron chi connectivity index (χ1n) is 9.98. The molecule has 0 spiro atoms. The molecule has 0 heterocycles.